The normalized spacial score (nSPS) is 16.3. The molecule has 0 radical (unpaired) electrons. The first-order chi connectivity index (χ1) is 13.1. The zero-order valence-electron chi connectivity index (χ0n) is 15.5. The lowest BCUT2D eigenvalue weighted by Crippen LogP contribution is -2.21. The molecule has 3 rings (SSSR count). The number of carbonyl (C=O) groups is 2. The SMILES string of the molecule is C[C@H]1CCc2sc(C(=O)OCC(=O)Nc3cc(S(C)(=O)=O)ccc3Cl)cc2C1. The van der Waals surface area contributed by atoms with Crippen LogP contribution in [0.3, 0.4) is 0 Å². The van der Waals surface area contributed by atoms with Gasteiger partial charge >= 0.3 is 5.97 Å². The Morgan fingerprint density at radius 2 is 2.07 bits per heavy atom. The number of ether oxygens (including phenoxy) is 1. The Labute approximate surface area is 172 Å². The summed E-state index contributed by atoms with van der Waals surface area (Å²) in [5.41, 5.74) is 1.33. The van der Waals surface area contributed by atoms with Crippen molar-refractivity contribution in [1.29, 1.82) is 0 Å². The minimum atomic E-state index is -3.44. The first-order valence-corrected chi connectivity index (χ1v) is 11.8. The molecule has 1 atom stereocenters. The van der Waals surface area contributed by atoms with Crippen LogP contribution in [0.5, 0.6) is 0 Å². The summed E-state index contributed by atoms with van der Waals surface area (Å²) in [6.45, 7) is 1.70. The fourth-order valence-electron chi connectivity index (χ4n) is 3.03. The Bertz CT molecular complexity index is 1030. The molecule has 150 valence electrons. The highest BCUT2D eigenvalue weighted by Crippen LogP contribution is 2.32. The van der Waals surface area contributed by atoms with Gasteiger partial charge in [-0.25, -0.2) is 13.2 Å². The number of anilines is 1. The van der Waals surface area contributed by atoms with E-state index in [4.69, 9.17) is 16.3 Å². The third-order valence-corrected chi connectivity index (χ3v) is 7.16. The number of rotatable bonds is 5. The quantitative estimate of drug-likeness (QED) is 0.714. The van der Waals surface area contributed by atoms with Gasteiger partial charge in [0.25, 0.3) is 5.91 Å². The van der Waals surface area contributed by atoms with Gasteiger partial charge in [-0.15, -0.1) is 11.3 Å². The highest BCUT2D eigenvalue weighted by atomic mass is 35.5. The lowest BCUT2D eigenvalue weighted by atomic mass is 9.90. The first-order valence-electron chi connectivity index (χ1n) is 8.71. The van der Waals surface area contributed by atoms with E-state index in [1.165, 1.54) is 40.0 Å². The first kappa shape index (κ1) is 20.8. The molecule has 0 saturated heterocycles. The number of thiophene rings is 1. The van der Waals surface area contributed by atoms with Crippen molar-refractivity contribution in [2.24, 2.45) is 5.92 Å². The van der Waals surface area contributed by atoms with Gasteiger partial charge in [0.05, 0.1) is 15.6 Å². The fourth-order valence-corrected chi connectivity index (χ4v) is 4.94. The van der Waals surface area contributed by atoms with Crippen molar-refractivity contribution in [3.8, 4) is 0 Å². The van der Waals surface area contributed by atoms with Crippen molar-refractivity contribution in [2.75, 3.05) is 18.2 Å². The van der Waals surface area contributed by atoms with Gasteiger partial charge in [0.15, 0.2) is 16.4 Å². The van der Waals surface area contributed by atoms with Gasteiger partial charge in [0, 0.05) is 11.1 Å². The lowest BCUT2D eigenvalue weighted by Gasteiger charge is -2.16. The largest absolute Gasteiger partial charge is 0.451 e. The second kappa shape index (κ2) is 8.23. The zero-order valence-corrected chi connectivity index (χ0v) is 17.8. The monoisotopic (exact) mass is 441 g/mol. The average molecular weight is 442 g/mol. The molecule has 0 spiro atoms. The zero-order chi connectivity index (χ0) is 20.5. The number of aryl methyl sites for hydroxylation is 1. The molecule has 1 aliphatic rings. The van der Waals surface area contributed by atoms with Crippen LogP contribution in [-0.4, -0.2) is 33.2 Å². The molecule has 1 amide bonds. The van der Waals surface area contributed by atoms with Crippen LogP contribution in [0.15, 0.2) is 29.2 Å². The van der Waals surface area contributed by atoms with Gasteiger partial charge in [-0.2, -0.15) is 0 Å². The molecule has 0 fully saturated rings. The van der Waals surface area contributed by atoms with Crippen molar-refractivity contribution >= 4 is 50.3 Å². The summed E-state index contributed by atoms with van der Waals surface area (Å²) < 4.78 is 28.4. The third kappa shape index (κ3) is 4.92. The second-order valence-corrected chi connectivity index (χ2v) is 10.5. The topological polar surface area (TPSA) is 89.5 Å². The molecule has 9 heteroatoms. The summed E-state index contributed by atoms with van der Waals surface area (Å²) >= 11 is 7.42. The summed E-state index contributed by atoms with van der Waals surface area (Å²) in [4.78, 5) is 26.1. The molecule has 0 bridgehead atoms. The Morgan fingerprint density at radius 1 is 1.32 bits per heavy atom. The molecule has 0 unspecified atom stereocenters. The minimum absolute atomic E-state index is 0.0302. The predicted molar refractivity (Wildman–Crippen MR) is 109 cm³/mol. The maximum atomic E-state index is 12.3. The molecular formula is C19H20ClNO5S2. The van der Waals surface area contributed by atoms with Gasteiger partial charge < -0.3 is 10.1 Å². The number of sulfone groups is 1. The fraction of sp³-hybridized carbons (Fsp3) is 0.368. The van der Waals surface area contributed by atoms with E-state index < -0.39 is 28.3 Å². The standard InChI is InChI=1S/C19H20ClNO5S2/c1-11-3-6-16-12(7-11)8-17(27-16)19(23)26-10-18(22)21-15-9-13(28(2,24)25)4-5-14(15)20/h4-5,8-9,11H,3,6-7,10H2,1-2H3,(H,21,22)/t11-/m0/s1. The van der Waals surface area contributed by atoms with Gasteiger partial charge in [-0.05, 0) is 55.0 Å². The smallest absolute Gasteiger partial charge is 0.348 e. The van der Waals surface area contributed by atoms with Crippen molar-refractivity contribution in [1.82, 2.24) is 0 Å². The Kier molecular flexibility index (Phi) is 6.12. The minimum Gasteiger partial charge on any atom is -0.451 e. The van der Waals surface area contributed by atoms with Crippen molar-refractivity contribution in [3.05, 3.63) is 44.6 Å². The Balaban J connectivity index is 1.61. The molecule has 1 aromatic carbocycles. The molecule has 0 aliphatic heterocycles. The van der Waals surface area contributed by atoms with Gasteiger partial charge in [0.1, 0.15) is 4.88 Å². The summed E-state index contributed by atoms with van der Waals surface area (Å²) in [6.07, 6.45) is 4.08. The van der Waals surface area contributed by atoms with E-state index in [0.717, 1.165) is 25.5 Å². The number of benzene rings is 1. The van der Waals surface area contributed by atoms with Crippen LogP contribution in [0.25, 0.3) is 0 Å². The molecule has 1 aromatic heterocycles. The van der Waals surface area contributed by atoms with E-state index in [1.807, 2.05) is 6.07 Å². The molecule has 28 heavy (non-hydrogen) atoms. The van der Waals surface area contributed by atoms with Gasteiger partial charge in [0.2, 0.25) is 0 Å². The third-order valence-electron chi connectivity index (χ3n) is 4.50. The number of hydrogen-bond acceptors (Lipinski definition) is 6. The molecule has 1 N–H and O–H groups in total. The van der Waals surface area contributed by atoms with Crippen LogP contribution in [0.4, 0.5) is 5.69 Å². The second-order valence-electron chi connectivity index (χ2n) is 6.95. The number of fused-ring (bicyclic) bond motifs is 1. The maximum absolute atomic E-state index is 12.3. The summed E-state index contributed by atoms with van der Waals surface area (Å²) in [5, 5.41) is 2.66. The van der Waals surface area contributed by atoms with Crippen LogP contribution >= 0.6 is 22.9 Å². The van der Waals surface area contributed by atoms with E-state index >= 15 is 0 Å². The van der Waals surface area contributed by atoms with Crippen molar-refractivity contribution in [2.45, 2.75) is 31.1 Å². The highest BCUT2D eigenvalue weighted by Gasteiger charge is 2.22. The summed E-state index contributed by atoms with van der Waals surface area (Å²) in [7, 11) is -3.44. The summed E-state index contributed by atoms with van der Waals surface area (Å²) in [6, 6.07) is 5.86. The maximum Gasteiger partial charge on any atom is 0.348 e. The number of amides is 1. The van der Waals surface area contributed by atoms with Crippen molar-refractivity contribution in [3.63, 3.8) is 0 Å². The van der Waals surface area contributed by atoms with E-state index in [1.54, 1.807) is 0 Å². The van der Waals surface area contributed by atoms with Gasteiger partial charge in [-0.1, -0.05) is 18.5 Å². The van der Waals surface area contributed by atoms with Crippen molar-refractivity contribution < 1.29 is 22.7 Å². The molecule has 6 nitrogen and oxygen atoms in total. The average Bonchev–Trinajstić information content (AvgIpc) is 3.03. The van der Waals surface area contributed by atoms with Gasteiger partial charge in [-0.3, -0.25) is 4.79 Å². The molecule has 0 saturated carbocycles. The predicted octanol–water partition coefficient (Wildman–Crippen LogP) is 3.73. The molecule has 1 aliphatic carbocycles. The number of halogens is 1. The van der Waals surface area contributed by atoms with Crippen LogP contribution in [-0.2, 0) is 32.2 Å². The van der Waals surface area contributed by atoms with Crippen LogP contribution in [0, 0.1) is 5.92 Å². The van der Waals surface area contributed by atoms with E-state index in [0.29, 0.717) is 10.8 Å². The number of hydrogen-bond donors (Lipinski definition) is 1. The van der Waals surface area contributed by atoms with Crippen LogP contribution in [0.1, 0.15) is 33.5 Å². The van der Waals surface area contributed by atoms with E-state index in [9.17, 15) is 18.0 Å². The molecule has 1 heterocycles. The molecule has 2 aromatic rings. The number of nitrogens with one attached hydrogen (secondary N) is 1. The lowest BCUT2D eigenvalue weighted by molar-refractivity contribution is -0.119. The van der Waals surface area contributed by atoms with Crippen LogP contribution < -0.4 is 5.32 Å². The molecular weight excluding hydrogens is 422 g/mol. The number of esters is 1. The highest BCUT2D eigenvalue weighted by molar-refractivity contribution is 7.90. The Hall–Kier alpha value is -1.90. The summed E-state index contributed by atoms with van der Waals surface area (Å²) in [5.74, 6) is -0.543. The van der Waals surface area contributed by atoms with E-state index in [2.05, 4.69) is 12.2 Å². The van der Waals surface area contributed by atoms with E-state index in [-0.39, 0.29) is 15.6 Å². The number of carbonyl (C=O) groups excluding carboxylic acids is 2. The Morgan fingerprint density at radius 3 is 2.79 bits per heavy atom. The van der Waals surface area contributed by atoms with Crippen LogP contribution in [0.2, 0.25) is 5.02 Å².